The van der Waals surface area contributed by atoms with E-state index in [0.717, 1.165) is 47.3 Å². The summed E-state index contributed by atoms with van der Waals surface area (Å²) in [5, 5.41) is 8.73. The highest BCUT2D eigenvalue weighted by molar-refractivity contribution is 9.10. The Kier molecular flexibility index (Phi) is 5.34. The standard InChI is InChI=1S/C14H20BrN3O/c1-11-17-14-13(9-12(15)10-16-14)18(11)7-5-3-2-4-6-8-19/h9-10,19H,2-8H2,1H3. The van der Waals surface area contributed by atoms with Crippen LogP contribution in [0.15, 0.2) is 16.7 Å². The smallest absolute Gasteiger partial charge is 0.177 e. The van der Waals surface area contributed by atoms with Gasteiger partial charge in [-0.3, -0.25) is 0 Å². The van der Waals surface area contributed by atoms with Gasteiger partial charge >= 0.3 is 0 Å². The van der Waals surface area contributed by atoms with Crippen molar-refractivity contribution in [3.63, 3.8) is 0 Å². The maximum absolute atomic E-state index is 8.73. The quantitative estimate of drug-likeness (QED) is 0.793. The minimum Gasteiger partial charge on any atom is -0.396 e. The molecule has 4 nitrogen and oxygen atoms in total. The number of fused-ring (bicyclic) bond motifs is 1. The lowest BCUT2D eigenvalue weighted by Gasteiger charge is -2.06. The molecule has 0 unspecified atom stereocenters. The lowest BCUT2D eigenvalue weighted by molar-refractivity contribution is 0.282. The van der Waals surface area contributed by atoms with Gasteiger partial charge in [0.25, 0.3) is 0 Å². The number of hydrogen-bond acceptors (Lipinski definition) is 3. The molecule has 0 atom stereocenters. The van der Waals surface area contributed by atoms with Crippen LogP contribution in [-0.4, -0.2) is 26.2 Å². The van der Waals surface area contributed by atoms with Crippen molar-refractivity contribution in [2.45, 2.75) is 45.6 Å². The first-order chi connectivity index (χ1) is 9.22. The third-order valence-electron chi connectivity index (χ3n) is 3.30. The molecule has 104 valence electrons. The van der Waals surface area contributed by atoms with Crippen molar-refractivity contribution in [3.8, 4) is 0 Å². The van der Waals surface area contributed by atoms with Gasteiger partial charge in [-0.15, -0.1) is 0 Å². The molecule has 2 aromatic rings. The molecule has 0 radical (unpaired) electrons. The van der Waals surface area contributed by atoms with E-state index in [0.29, 0.717) is 6.61 Å². The Morgan fingerprint density at radius 1 is 1.21 bits per heavy atom. The molecule has 2 heterocycles. The Balaban J connectivity index is 1.96. The van der Waals surface area contributed by atoms with Crippen LogP contribution in [0, 0.1) is 6.92 Å². The molecule has 19 heavy (non-hydrogen) atoms. The first-order valence-electron chi connectivity index (χ1n) is 6.81. The van der Waals surface area contributed by atoms with E-state index in [1.165, 1.54) is 12.8 Å². The molecular weight excluding hydrogens is 306 g/mol. The van der Waals surface area contributed by atoms with E-state index in [4.69, 9.17) is 5.11 Å². The molecule has 0 aliphatic rings. The predicted molar refractivity (Wildman–Crippen MR) is 80.1 cm³/mol. The van der Waals surface area contributed by atoms with Gasteiger partial charge in [0.1, 0.15) is 5.82 Å². The van der Waals surface area contributed by atoms with Gasteiger partial charge in [0.2, 0.25) is 0 Å². The van der Waals surface area contributed by atoms with Crippen LogP contribution >= 0.6 is 15.9 Å². The van der Waals surface area contributed by atoms with Gasteiger partial charge in [-0.05, 0) is 41.8 Å². The molecule has 0 bridgehead atoms. The molecule has 2 aromatic heterocycles. The fourth-order valence-corrected chi connectivity index (χ4v) is 2.61. The number of pyridine rings is 1. The van der Waals surface area contributed by atoms with E-state index >= 15 is 0 Å². The van der Waals surface area contributed by atoms with Gasteiger partial charge in [0.15, 0.2) is 5.65 Å². The second-order valence-electron chi connectivity index (χ2n) is 4.80. The lowest BCUT2D eigenvalue weighted by atomic mass is 10.1. The van der Waals surface area contributed by atoms with Crippen molar-refractivity contribution in [1.82, 2.24) is 14.5 Å². The summed E-state index contributed by atoms with van der Waals surface area (Å²) in [6.07, 6.45) is 7.35. The maximum atomic E-state index is 8.73. The molecule has 0 saturated carbocycles. The van der Waals surface area contributed by atoms with Crippen LogP contribution in [0.4, 0.5) is 0 Å². The molecule has 5 heteroatoms. The van der Waals surface area contributed by atoms with E-state index in [9.17, 15) is 0 Å². The highest BCUT2D eigenvalue weighted by Gasteiger charge is 2.08. The molecule has 0 spiro atoms. The number of halogens is 1. The Morgan fingerprint density at radius 3 is 2.74 bits per heavy atom. The number of aliphatic hydroxyl groups is 1. The van der Waals surface area contributed by atoms with E-state index in [-0.39, 0.29) is 0 Å². The van der Waals surface area contributed by atoms with Crippen molar-refractivity contribution in [3.05, 3.63) is 22.6 Å². The summed E-state index contributed by atoms with van der Waals surface area (Å²) in [4.78, 5) is 8.80. The van der Waals surface area contributed by atoms with Crippen LogP contribution in [0.2, 0.25) is 0 Å². The normalized spacial score (nSPS) is 11.3. The molecular formula is C14H20BrN3O. The Hall–Kier alpha value is -0.940. The van der Waals surface area contributed by atoms with Crippen molar-refractivity contribution >= 4 is 27.1 Å². The summed E-state index contributed by atoms with van der Waals surface area (Å²) in [7, 11) is 0. The van der Waals surface area contributed by atoms with Gasteiger partial charge in [-0.1, -0.05) is 19.3 Å². The minimum absolute atomic E-state index is 0.310. The number of imidazole rings is 1. The molecule has 0 amide bonds. The van der Waals surface area contributed by atoms with Gasteiger partial charge in [0.05, 0.1) is 5.52 Å². The summed E-state index contributed by atoms with van der Waals surface area (Å²) in [6.45, 7) is 3.33. The van der Waals surface area contributed by atoms with Crippen molar-refractivity contribution in [2.75, 3.05) is 6.61 Å². The second-order valence-corrected chi connectivity index (χ2v) is 5.71. The highest BCUT2D eigenvalue weighted by Crippen LogP contribution is 2.19. The van der Waals surface area contributed by atoms with Crippen molar-refractivity contribution in [1.29, 1.82) is 0 Å². The maximum Gasteiger partial charge on any atom is 0.177 e. The number of aryl methyl sites for hydroxylation is 2. The number of rotatable bonds is 7. The first kappa shape index (κ1) is 14.5. The molecule has 0 fully saturated rings. The third-order valence-corrected chi connectivity index (χ3v) is 3.74. The van der Waals surface area contributed by atoms with E-state index in [1.54, 1.807) is 6.20 Å². The van der Waals surface area contributed by atoms with Crippen LogP contribution in [0.1, 0.15) is 37.9 Å². The van der Waals surface area contributed by atoms with Crippen LogP contribution in [-0.2, 0) is 6.54 Å². The fourth-order valence-electron chi connectivity index (χ4n) is 2.29. The van der Waals surface area contributed by atoms with Crippen molar-refractivity contribution in [2.24, 2.45) is 0 Å². The molecule has 2 rings (SSSR count). The Bertz CT molecular complexity index is 539. The second kappa shape index (κ2) is 7.01. The van der Waals surface area contributed by atoms with Crippen LogP contribution in [0.25, 0.3) is 11.2 Å². The molecule has 0 aliphatic heterocycles. The summed E-state index contributed by atoms with van der Waals surface area (Å²) in [6, 6.07) is 2.08. The monoisotopic (exact) mass is 325 g/mol. The zero-order valence-corrected chi connectivity index (χ0v) is 12.9. The molecule has 1 N–H and O–H groups in total. The fraction of sp³-hybridized carbons (Fsp3) is 0.571. The Morgan fingerprint density at radius 2 is 1.95 bits per heavy atom. The lowest BCUT2D eigenvalue weighted by Crippen LogP contribution is -2.00. The van der Waals surface area contributed by atoms with Crippen molar-refractivity contribution < 1.29 is 5.11 Å². The number of hydrogen-bond donors (Lipinski definition) is 1. The van der Waals surface area contributed by atoms with E-state index in [2.05, 4.69) is 36.5 Å². The van der Waals surface area contributed by atoms with Gasteiger partial charge in [-0.2, -0.15) is 0 Å². The summed E-state index contributed by atoms with van der Waals surface area (Å²) in [5.74, 6) is 1.02. The Labute approximate surface area is 122 Å². The minimum atomic E-state index is 0.310. The predicted octanol–water partition coefficient (Wildman–Crippen LogP) is 3.45. The van der Waals surface area contributed by atoms with E-state index < -0.39 is 0 Å². The highest BCUT2D eigenvalue weighted by atomic mass is 79.9. The number of aliphatic hydroxyl groups excluding tert-OH is 1. The topological polar surface area (TPSA) is 50.9 Å². The number of unbranched alkanes of at least 4 members (excludes halogenated alkanes) is 4. The summed E-state index contributed by atoms with van der Waals surface area (Å²) in [5.41, 5.74) is 1.92. The van der Waals surface area contributed by atoms with Crippen LogP contribution < -0.4 is 0 Å². The third kappa shape index (κ3) is 3.76. The summed E-state index contributed by atoms with van der Waals surface area (Å²) < 4.78 is 3.23. The molecule has 0 aromatic carbocycles. The summed E-state index contributed by atoms with van der Waals surface area (Å²) >= 11 is 3.46. The van der Waals surface area contributed by atoms with Gasteiger partial charge < -0.3 is 9.67 Å². The van der Waals surface area contributed by atoms with Gasteiger partial charge in [0, 0.05) is 23.8 Å². The van der Waals surface area contributed by atoms with Crippen LogP contribution in [0.3, 0.4) is 0 Å². The number of aromatic nitrogens is 3. The zero-order valence-electron chi connectivity index (χ0n) is 11.3. The first-order valence-corrected chi connectivity index (χ1v) is 7.61. The zero-order chi connectivity index (χ0) is 13.7. The van der Waals surface area contributed by atoms with Crippen LogP contribution in [0.5, 0.6) is 0 Å². The van der Waals surface area contributed by atoms with Gasteiger partial charge in [-0.25, -0.2) is 9.97 Å². The van der Waals surface area contributed by atoms with E-state index in [1.807, 2.05) is 6.92 Å². The average molecular weight is 326 g/mol. The molecule has 0 saturated heterocycles. The molecule has 0 aliphatic carbocycles. The average Bonchev–Trinajstić information content (AvgIpc) is 2.69. The number of nitrogens with zero attached hydrogens (tertiary/aromatic N) is 3. The SMILES string of the molecule is Cc1nc2ncc(Br)cc2n1CCCCCCCO. The largest absolute Gasteiger partial charge is 0.396 e.